The van der Waals surface area contributed by atoms with Crippen LogP contribution in [0.1, 0.15) is 56.7 Å². The third-order valence-corrected chi connectivity index (χ3v) is 4.49. The first-order chi connectivity index (χ1) is 8.39. The summed E-state index contributed by atoms with van der Waals surface area (Å²) in [4.78, 5) is 0. The summed E-state index contributed by atoms with van der Waals surface area (Å²) in [6, 6.07) is 4.93. The lowest BCUT2D eigenvalue weighted by Crippen LogP contribution is -2.29. The van der Waals surface area contributed by atoms with Crippen LogP contribution in [0.25, 0.3) is 0 Å². The molecule has 0 saturated heterocycles. The second kappa shape index (κ2) is 5.00. The smallest absolute Gasteiger partial charge is 0.123 e. The zero-order valence-electron chi connectivity index (χ0n) is 11.7. The summed E-state index contributed by atoms with van der Waals surface area (Å²) in [6.07, 6.45) is 4.76. The van der Waals surface area contributed by atoms with Crippen LogP contribution in [0, 0.1) is 24.1 Å². The van der Waals surface area contributed by atoms with E-state index in [1.54, 1.807) is 6.07 Å². The third-order valence-electron chi connectivity index (χ3n) is 4.49. The minimum absolute atomic E-state index is 0.0169. The van der Waals surface area contributed by atoms with Gasteiger partial charge in [-0.3, -0.25) is 0 Å². The van der Waals surface area contributed by atoms with Crippen LogP contribution in [-0.4, -0.2) is 0 Å². The molecule has 0 heterocycles. The molecular formula is C16H24FN. The summed E-state index contributed by atoms with van der Waals surface area (Å²) >= 11 is 0. The van der Waals surface area contributed by atoms with Gasteiger partial charge in [0.1, 0.15) is 5.82 Å². The van der Waals surface area contributed by atoms with E-state index in [0.29, 0.717) is 11.3 Å². The van der Waals surface area contributed by atoms with E-state index in [2.05, 4.69) is 13.8 Å². The highest BCUT2D eigenvalue weighted by molar-refractivity contribution is 5.29. The van der Waals surface area contributed by atoms with Crippen LogP contribution < -0.4 is 5.73 Å². The molecule has 2 rings (SSSR count). The summed E-state index contributed by atoms with van der Waals surface area (Å²) in [5, 5.41) is 0. The largest absolute Gasteiger partial charge is 0.324 e. The van der Waals surface area contributed by atoms with Gasteiger partial charge in [0.15, 0.2) is 0 Å². The Morgan fingerprint density at radius 1 is 1.28 bits per heavy atom. The second-order valence-electron chi connectivity index (χ2n) is 6.53. The van der Waals surface area contributed by atoms with Crippen LogP contribution in [-0.2, 0) is 0 Å². The predicted molar refractivity (Wildman–Crippen MR) is 73.8 cm³/mol. The van der Waals surface area contributed by atoms with Gasteiger partial charge in [0, 0.05) is 6.04 Å². The van der Waals surface area contributed by atoms with Crippen LogP contribution in [0.3, 0.4) is 0 Å². The predicted octanol–water partition coefficient (Wildman–Crippen LogP) is 4.35. The first kappa shape index (κ1) is 13.5. The number of benzene rings is 1. The van der Waals surface area contributed by atoms with Crippen LogP contribution in [0.2, 0.25) is 0 Å². The summed E-state index contributed by atoms with van der Waals surface area (Å²) < 4.78 is 13.3. The SMILES string of the molecule is Cc1ccc(F)cc1C(N)C1CCC(C)(C)CC1. The Morgan fingerprint density at radius 3 is 2.50 bits per heavy atom. The average molecular weight is 249 g/mol. The molecule has 18 heavy (non-hydrogen) atoms. The van der Waals surface area contributed by atoms with Crippen molar-refractivity contribution < 1.29 is 4.39 Å². The molecule has 2 heteroatoms. The van der Waals surface area contributed by atoms with Gasteiger partial charge in [-0.15, -0.1) is 0 Å². The van der Waals surface area contributed by atoms with Crippen LogP contribution in [0.15, 0.2) is 18.2 Å². The number of halogens is 1. The molecule has 1 aliphatic carbocycles. The van der Waals surface area contributed by atoms with Gasteiger partial charge in [-0.25, -0.2) is 4.39 Å². The summed E-state index contributed by atoms with van der Waals surface area (Å²) in [6.45, 7) is 6.66. The van der Waals surface area contributed by atoms with Gasteiger partial charge in [0.2, 0.25) is 0 Å². The fourth-order valence-corrected chi connectivity index (χ4v) is 3.01. The zero-order chi connectivity index (χ0) is 13.3. The Labute approximate surface area is 110 Å². The highest BCUT2D eigenvalue weighted by Crippen LogP contribution is 2.42. The number of aryl methyl sites for hydroxylation is 1. The monoisotopic (exact) mass is 249 g/mol. The maximum atomic E-state index is 13.3. The first-order valence-electron chi connectivity index (χ1n) is 6.91. The fourth-order valence-electron chi connectivity index (χ4n) is 3.01. The highest BCUT2D eigenvalue weighted by Gasteiger charge is 2.30. The van der Waals surface area contributed by atoms with Crippen molar-refractivity contribution >= 4 is 0 Å². The summed E-state index contributed by atoms with van der Waals surface area (Å²) in [7, 11) is 0. The van der Waals surface area contributed by atoms with Crippen molar-refractivity contribution in [1.82, 2.24) is 0 Å². The lowest BCUT2D eigenvalue weighted by atomic mass is 9.70. The van der Waals surface area contributed by atoms with Gasteiger partial charge in [0.05, 0.1) is 0 Å². The Hall–Kier alpha value is -0.890. The molecule has 0 amide bonds. The Morgan fingerprint density at radius 2 is 1.89 bits per heavy atom. The molecule has 0 aromatic heterocycles. The number of nitrogens with two attached hydrogens (primary N) is 1. The molecule has 1 atom stereocenters. The second-order valence-corrected chi connectivity index (χ2v) is 6.53. The van der Waals surface area contributed by atoms with Crippen molar-refractivity contribution in [2.45, 2.75) is 52.5 Å². The van der Waals surface area contributed by atoms with E-state index >= 15 is 0 Å². The lowest BCUT2D eigenvalue weighted by Gasteiger charge is -2.37. The van der Waals surface area contributed by atoms with Crippen LogP contribution in [0.5, 0.6) is 0 Å². The van der Waals surface area contributed by atoms with Gasteiger partial charge < -0.3 is 5.73 Å². The molecule has 0 radical (unpaired) electrons. The molecule has 1 aromatic carbocycles. The van der Waals surface area contributed by atoms with Gasteiger partial charge >= 0.3 is 0 Å². The van der Waals surface area contributed by atoms with Gasteiger partial charge in [-0.1, -0.05) is 19.9 Å². The molecule has 1 nitrogen and oxygen atoms in total. The normalized spacial score (nSPS) is 21.8. The Kier molecular flexibility index (Phi) is 3.76. The Balaban J connectivity index is 2.12. The lowest BCUT2D eigenvalue weighted by molar-refractivity contribution is 0.173. The van der Waals surface area contributed by atoms with Crippen molar-refractivity contribution in [2.75, 3.05) is 0 Å². The number of rotatable bonds is 2. The zero-order valence-corrected chi connectivity index (χ0v) is 11.7. The van der Waals surface area contributed by atoms with Crippen molar-refractivity contribution in [3.8, 4) is 0 Å². The minimum Gasteiger partial charge on any atom is -0.324 e. The van der Waals surface area contributed by atoms with Crippen molar-refractivity contribution in [3.63, 3.8) is 0 Å². The quantitative estimate of drug-likeness (QED) is 0.828. The van der Waals surface area contributed by atoms with E-state index in [1.165, 1.54) is 18.9 Å². The van der Waals surface area contributed by atoms with Crippen molar-refractivity contribution in [1.29, 1.82) is 0 Å². The van der Waals surface area contributed by atoms with E-state index in [0.717, 1.165) is 24.0 Å². The molecule has 1 aromatic rings. The molecular weight excluding hydrogens is 225 g/mol. The van der Waals surface area contributed by atoms with Gasteiger partial charge in [0.25, 0.3) is 0 Å². The van der Waals surface area contributed by atoms with E-state index in [-0.39, 0.29) is 11.9 Å². The van der Waals surface area contributed by atoms with E-state index in [4.69, 9.17) is 5.73 Å². The molecule has 0 aliphatic heterocycles. The van der Waals surface area contributed by atoms with Crippen LogP contribution in [0.4, 0.5) is 4.39 Å². The van der Waals surface area contributed by atoms with E-state index < -0.39 is 0 Å². The van der Waals surface area contributed by atoms with Crippen molar-refractivity contribution in [3.05, 3.63) is 35.1 Å². The third kappa shape index (κ3) is 2.92. The minimum atomic E-state index is -0.179. The maximum absolute atomic E-state index is 13.3. The standard InChI is InChI=1S/C16H24FN/c1-11-4-5-13(17)10-14(11)15(18)12-6-8-16(2,3)9-7-12/h4-5,10,12,15H,6-9,18H2,1-3H3. The molecule has 1 aliphatic rings. The average Bonchev–Trinajstić information content (AvgIpc) is 2.31. The molecule has 1 fully saturated rings. The summed E-state index contributed by atoms with van der Waals surface area (Å²) in [5.41, 5.74) is 8.90. The van der Waals surface area contributed by atoms with Crippen LogP contribution >= 0.6 is 0 Å². The molecule has 2 N–H and O–H groups in total. The highest BCUT2D eigenvalue weighted by atomic mass is 19.1. The van der Waals surface area contributed by atoms with Gasteiger partial charge in [-0.2, -0.15) is 0 Å². The molecule has 1 saturated carbocycles. The first-order valence-corrected chi connectivity index (χ1v) is 6.91. The van der Waals surface area contributed by atoms with Crippen molar-refractivity contribution in [2.24, 2.45) is 17.1 Å². The van der Waals surface area contributed by atoms with Gasteiger partial charge in [-0.05, 0) is 67.2 Å². The molecule has 1 unspecified atom stereocenters. The fraction of sp³-hybridized carbons (Fsp3) is 0.625. The number of hydrogen-bond donors (Lipinski definition) is 1. The topological polar surface area (TPSA) is 26.0 Å². The maximum Gasteiger partial charge on any atom is 0.123 e. The van der Waals surface area contributed by atoms with E-state index in [9.17, 15) is 4.39 Å². The molecule has 100 valence electrons. The molecule has 0 spiro atoms. The summed E-state index contributed by atoms with van der Waals surface area (Å²) in [5.74, 6) is 0.320. The van der Waals surface area contributed by atoms with E-state index in [1.807, 2.05) is 13.0 Å². The Bertz CT molecular complexity index is 415. The molecule has 0 bridgehead atoms. The number of hydrogen-bond acceptors (Lipinski definition) is 1.